The largest absolute Gasteiger partial charge is 0.480 e. The number of rotatable bonds is 5. The molecule has 0 aromatic heterocycles. The quantitative estimate of drug-likeness (QED) is 0.692. The van der Waals surface area contributed by atoms with Gasteiger partial charge in [-0.15, -0.1) is 0 Å². The Morgan fingerprint density at radius 2 is 2.17 bits per heavy atom. The standard InChI is InChI=1S/C12H15FN2O3/c1-2-3-10(12(17)18)15-11(16)8-5-4-7(14)6-9(8)13/h4-6,10H,2-3,14H2,1H3,(H,15,16)(H,17,18). The number of benzene rings is 1. The van der Waals surface area contributed by atoms with E-state index in [1.807, 2.05) is 0 Å². The Labute approximate surface area is 104 Å². The second-order valence-electron chi connectivity index (χ2n) is 3.89. The van der Waals surface area contributed by atoms with Gasteiger partial charge in [-0.3, -0.25) is 4.79 Å². The van der Waals surface area contributed by atoms with E-state index in [1.54, 1.807) is 6.92 Å². The van der Waals surface area contributed by atoms with Crippen LogP contribution in [0.25, 0.3) is 0 Å². The molecule has 0 heterocycles. The lowest BCUT2D eigenvalue weighted by atomic mass is 10.1. The highest BCUT2D eigenvalue weighted by atomic mass is 19.1. The number of anilines is 1. The number of carbonyl (C=O) groups is 2. The molecule has 5 nitrogen and oxygen atoms in total. The van der Waals surface area contributed by atoms with E-state index in [0.29, 0.717) is 6.42 Å². The molecule has 1 unspecified atom stereocenters. The summed E-state index contributed by atoms with van der Waals surface area (Å²) in [6.07, 6.45) is 0.888. The first kappa shape index (κ1) is 14.0. The maximum Gasteiger partial charge on any atom is 0.326 e. The van der Waals surface area contributed by atoms with Crippen LogP contribution in [0.2, 0.25) is 0 Å². The number of aliphatic carboxylic acids is 1. The van der Waals surface area contributed by atoms with Crippen molar-refractivity contribution in [3.63, 3.8) is 0 Å². The van der Waals surface area contributed by atoms with E-state index in [2.05, 4.69) is 5.32 Å². The third-order valence-corrected chi connectivity index (χ3v) is 2.42. The van der Waals surface area contributed by atoms with Crippen molar-refractivity contribution in [2.75, 3.05) is 5.73 Å². The highest BCUT2D eigenvalue weighted by Gasteiger charge is 2.21. The fraction of sp³-hybridized carbons (Fsp3) is 0.333. The Morgan fingerprint density at radius 3 is 2.67 bits per heavy atom. The van der Waals surface area contributed by atoms with Crippen molar-refractivity contribution in [3.05, 3.63) is 29.6 Å². The molecular weight excluding hydrogens is 239 g/mol. The van der Waals surface area contributed by atoms with Gasteiger partial charge in [0.15, 0.2) is 0 Å². The van der Waals surface area contributed by atoms with Crippen LogP contribution in [-0.4, -0.2) is 23.0 Å². The van der Waals surface area contributed by atoms with Gasteiger partial charge in [-0.05, 0) is 24.6 Å². The molecule has 0 bridgehead atoms. The van der Waals surface area contributed by atoms with E-state index in [0.717, 1.165) is 6.07 Å². The van der Waals surface area contributed by atoms with E-state index in [1.165, 1.54) is 12.1 Å². The molecule has 1 rings (SSSR count). The number of hydrogen-bond acceptors (Lipinski definition) is 3. The van der Waals surface area contributed by atoms with Gasteiger partial charge in [0.05, 0.1) is 5.56 Å². The predicted molar refractivity (Wildman–Crippen MR) is 64.6 cm³/mol. The van der Waals surface area contributed by atoms with Crippen molar-refractivity contribution in [2.24, 2.45) is 0 Å². The topological polar surface area (TPSA) is 92.4 Å². The molecule has 98 valence electrons. The van der Waals surface area contributed by atoms with Crippen molar-refractivity contribution in [1.82, 2.24) is 5.32 Å². The lowest BCUT2D eigenvalue weighted by molar-refractivity contribution is -0.139. The predicted octanol–water partition coefficient (Wildman–Crippen LogP) is 1.39. The number of carboxylic acids is 1. The molecule has 0 aliphatic carbocycles. The molecule has 4 N–H and O–H groups in total. The van der Waals surface area contributed by atoms with Crippen LogP contribution in [0.3, 0.4) is 0 Å². The Kier molecular flexibility index (Phi) is 4.65. The number of nitrogens with two attached hydrogens (primary N) is 1. The molecule has 6 heteroatoms. The van der Waals surface area contributed by atoms with Gasteiger partial charge in [-0.1, -0.05) is 13.3 Å². The number of nitrogen functional groups attached to an aromatic ring is 1. The summed E-state index contributed by atoms with van der Waals surface area (Å²) in [4.78, 5) is 22.6. The molecule has 18 heavy (non-hydrogen) atoms. The zero-order chi connectivity index (χ0) is 13.7. The Hall–Kier alpha value is -2.11. The fourth-order valence-corrected chi connectivity index (χ4v) is 1.50. The van der Waals surface area contributed by atoms with Crippen LogP contribution in [0.4, 0.5) is 10.1 Å². The van der Waals surface area contributed by atoms with Crippen LogP contribution >= 0.6 is 0 Å². The first-order chi connectivity index (χ1) is 8.45. The Morgan fingerprint density at radius 1 is 1.50 bits per heavy atom. The number of halogens is 1. The molecule has 1 aromatic rings. The van der Waals surface area contributed by atoms with Crippen LogP contribution in [0, 0.1) is 5.82 Å². The molecule has 0 radical (unpaired) electrons. The Balaban J connectivity index is 2.83. The average Bonchev–Trinajstić information content (AvgIpc) is 2.27. The summed E-state index contributed by atoms with van der Waals surface area (Å²) in [7, 11) is 0. The first-order valence-electron chi connectivity index (χ1n) is 5.54. The van der Waals surface area contributed by atoms with Gasteiger partial charge < -0.3 is 16.2 Å². The van der Waals surface area contributed by atoms with E-state index >= 15 is 0 Å². The first-order valence-corrected chi connectivity index (χ1v) is 5.54. The summed E-state index contributed by atoms with van der Waals surface area (Å²) in [6.45, 7) is 1.80. The lowest BCUT2D eigenvalue weighted by Gasteiger charge is -2.13. The molecule has 1 aromatic carbocycles. The van der Waals surface area contributed by atoms with Crippen LogP contribution in [0.5, 0.6) is 0 Å². The van der Waals surface area contributed by atoms with E-state index in [-0.39, 0.29) is 17.7 Å². The van der Waals surface area contributed by atoms with Crippen LogP contribution in [0.15, 0.2) is 18.2 Å². The lowest BCUT2D eigenvalue weighted by Crippen LogP contribution is -2.40. The smallest absolute Gasteiger partial charge is 0.326 e. The minimum atomic E-state index is -1.14. The van der Waals surface area contributed by atoms with E-state index in [9.17, 15) is 14.0 Å². The van der Waals surface area contributed by atoms with Gasteiger partial charge in [0.25, 0.3) is 5.91 Å². The van der Waals surface area contributed by atoms with Gasteiger partial charge in [0.1, 0.15) is 11.9 Å². The number of carbonyl (C=O) groups excluding carboxylic acids is 1. The zero-order valence-corrected chi connectivity index (χ0v) is 9.94. The third-order valence-electron chi connectivity index (χ3n) is 2.42. The maximum atomic E-state index is 13.4. The van der Waals surface area contributed by atoms with Gasteiger partial charge in [0.2, 0.25) is 0 Å². The summed E-state index contributed by atoms with van der Waals surface area (Å²) >= 11 is 0. The summed E-state index contributed by atoms with van der Waals surface area (Å²) in [5.41, 5.74) is 5.34. The molecular formula is C12H15FN2O3. The van der Waals surface area contributed by atoms with Crippen molar-refractivity contribution in [1.29, 1.82) is 0 Å². The molecule has 0 saturated carbocycles. The van der Waals surface area contributed by atoms with Crippen molar-refractivity contribution < 1.29 is 19.1 Å². The van der Waals surface area contributed by atoms with E-state index < -0.39 is 23.7 Å². The number of hydrogen-bond donors (Lipinski definition) is 3. The molecule has 1 amide bonds. The zero-order valence-electron chi connectivity index (χ0n) is 9.94. The monoisotopic (exact) mass is 254 g/mol. The minimum absolute atomic E-state index is 0.201. The number of carboxylic acid groups (broad SMARTS) is 1. The molecule has 0 aliphatic heterocycles. The summed E-state index contributed by atoms with van der Waals surface area (Å²) in [5, 5.41) is 11.2. The summed E-state index contributed by atoms with van der Waals surface area (Å²) < 4.78 is 13.4. The highest BCUT2D eigenvalue weighted by molar-refractivity contribution is 5.97. The van der Waals surface area contributed by atoms with Gasteiger partial charge in [-0.25, -0.2) is 9.18 Å². The van der Waals surface area contributed by atoms with Gasteiger partial charge in [-0.2, -0.15) is 0 Å². The van der Waals surface area contributed by atoms with E-state index in [4.69, 9.17) is 10.8 Å². The fourth-order valence-electron chi connectivity index (χ4n) is 1.50. The highest BCUT2D eigenvalue weighted by Crippen LogP contribution is 2.12. The Bertz CT molecular complexity index is 463. The van der Waals surface area contributed by atoms with Crippen molar-refractivity contribution in [3.8, 4) is 0 Å². The van der Waals surface area contributed by atoms with Crippen molar-refractivity contribution >= 4 is 17.6 Å². The molecule has 0 aliphatic rings. The van der Waals surface area contributed by atoms with Crippen molar-refractivity contribution in [2.45, 2.75) is 25.8 Å². The second-order valence-corrected chi connectivity index (χ2v) is 3.89. The number of amides is 1. The second kappa shape index (κ2) is 6.00. The maximum absolute atomic E-state index is 13.4. The van der Waals surface area contributed by atoms with Gasteiger partial charge in [0, 0.05) is 5.69 Å². The normalized spacial score (nSPS) is 11.9. The summed E-state index contributed by atoms with van der Waals surface area (Å²) in [5.74, 6) is -2.66. The summed E-state index contributed by atoms with van der Waals surface area (Å²) in [6, 6.07) is 2.61. The molecule has 0 fully saturated rings. The SMILES string of the molecule is CCCC(NC(=O)c1ccc(N)cc1F)C(=O)O. The van der Waals surface area contributed by atoms with Crippen LogP contribution in [-0.2, 0) is 4.79 Å². The number of nitrogens with one attached hydrogen (secondary N) is 1. The molecule has 0 spiro atoms. The minimum Gasteiger partial charge on any atom is -0.480 e. The molecule has 1 atom stereocenters. The third kappa shape index (κ3) is 3.44. The average molecular weight is 254 g/mol. The molecule has 0 saturated heterocycles. The van der Waals surface area contributed by atoms with Crippen LogP contribution in [0.1, 0.15) is 30.1 Å². The van der Waals surface area contributed by atoms with Gasteiger partial charge >= 0.3 is 5.97 Å². The van der Waals surface area contributed by atoms with Crippen LogP contribution < -0.4 is 11.1 Å².